The number of quaternary nitrogens is 1. The molecule has 3 rings (SSSR count). The highest BCUT2D eigenvalue weighted by Gasteiger charge is 2.34. The van der Waals surface area contributed by atoms with Crippen molar-refractivity contribution in [2.45, 2.75) is 13.0 Å². The SMILES string of the molecule is CC(=O)N1CC[NH+]([C@@H](C(=O)Nc2ccc(F)cc2)c2ccccc2)CC1. The molecule has 136 valence electrons. The molecule has 0 bridgehead atoms. The number of benzene rings is 2. The molecule has 2 aromatic rings. The van der Waals surface area contributed by atoms with Gasteiger partial charge in [0.2, 0.25) is 5.91 Å². The van der Waals surface area contributed by atoms with Crippen molar-refractivity contribution in [1.29, 1.82) is 0 Å². The van der Waals surface area contributed by atoms with Gasteiger partial charge in [0.25, 0.3) is 5.91 Å². The zero-order chi connectivity index (χ0) is 18.5. The molecule has 0 saturated carbocycles. The number of halogens is 1. The Morgan fingerprint density at radius 2 is 1.65 bits per heavy atom. The number of rotatable bonds is 4. The van der Waals surface area contributed by atoms with Gasteiger partial charge >= 0.3 is 0 Å². The van der Waals surface area contributed by atoms with Crippen molar-refractivity contribution in [3.63, 3.8) is 0 Å². The fourth-order valence-electron chi connectivity index (χ4n) is 3.36. The molecular formula is C20H23FN3O2+. The van der Waals surface area contributed by atoms with E-state index in [0.29, 0.717) is 31.9 Å². The Morgan fingerprint density at radius 1 is 1.04 bits per heavy atom. The molecule has 2 amide bonds. The predicted molar refractivity (Wildman–Crippen MR) is 97.2 cm³/mol. The van der Waals surface area contributed by atoms with Crippen LogP contribution in [0.3, 0.4) is 0 Å². The quantitative estimate of drug-likeness (QED) is 0.866. The molecule has 2 N–H and O–H groups in total. The number of amides is 2. The van der Waals surface area contributed by atoms with Gasteiger partial charge in [-0.25, -0.2) is 4.39 Å². The first kappa shape index (κ1) is 18.1. The van der Waals surface area contributed by atoms with Crippen LogP contribution in [0.4, 0.5) is 10.1 Å². The van der Waals surface area contributed by atoms with Crippen molar-refractivity contribution in [2.24, 2.45) is 0 Å². The smallest absolute Gasteiger partial charge is 0.287 e. The third-order valence-electron chi connectivity index (χ3n) is 4.77. The Hall–Kier alpha value is -2.73. The Labute approximate surface area is 152 Å². The molecule has 6 heteroatoms. The molecule has 5 nitrogen and oxygen atoms in total. The van der Waals surface area contributed by atoms with Gasteiger partial charge in [-0.15, -0.1) is 0 Å². The van der Waals surface area contributed by atoms with E-state index in [-0.39, 0.29) is 23.7 Å². The summed E-state index contributed by atoms with van der Waals surface area (Å²) in [6.07, 6.45) is 0. The minimum Gasteiger partial charge on any atom is -0.332 e. The molecule has 1 aliphatic rings. The van der Waals surface area contributed by atoms with Crippen molar-refractivity contribution >= 4 is 17.5 Å². The molecule has 1 fully saturated rings. The number of nitrogens with zero attached hydrogens (tertiary/aromatic N) is 1. The van der Waals surface area contributed by atoms with Crippen LogP contribution in [0.2, 0.25) is 0 Å². The fourth-order valence-corrected chi connectivity index (χ4v) is 3.36. The first-order valence-corrected chi connectivity index (χ1v) is 8.76. The molecule has 26 heavy (non-hydrogen) atoms. The maximum Gasteiger partial charge on any atom is 0.287 e. The van der Waals surface area contributed by atoms with Crippen molar-refractivity contribution in [3.05, 3.63) is 66.0 Å². The van der Waals surface area contributed by atoms with Gasteiger partial charge in [0.1, 0.15) is 5.82 Å². The highest BCUT2D eigenvalue weighted by Crippen LogP contribution is 2.15. The first-order valence-electron chi connectivity index (χ1n) is 8.76. The van der Waals surface area contributed by atoms with E-state index in [1.165, 1.54) is 12.1 Å². The van der Waals surface area contributed by atoms with Crippen LogP contribution in [0.15, 0.2) is 54.6 Å². The van der Waals surface area contributed by atoms with Gasteiger partial charge in [-0.2, -0.15) is 0 Å². The van der Waals surface area contributed by atoms with Crippen molar-refractivity contribution in [3.8, 4) is 0 Å². The van der Waals surface area contributed by atoms with Crippen molar-refractivity contribution in [2.75, 3.05) is 31.5 Å². The molecular weight excluding hydrogens is 333 g/mol. The lowest BCUT2D eigenvalue weighted by Crippen LogP contribution is -3.16. The van der Waals surface area contributed by atoms with Crippen LogP contribution in [0, 0.1) is 5.82 Å². The number of hydrogen-bond acceptors (Lipinski definition) is 2. The van der Waals surface area contributed by atoms with Gasteiger partial charge in [-0.3, -0.25) is 9.59 Å². The molecule has 1 saturated heterocycles. The van der Waals surface area contributed by atoms with E-state index in [1.807, 2.05) is 35.2 Å². The predicted octanol–water partition coefficient (Wildman–Crippen LogP) is 1.25. The molecule has 0 aromatic heterocycles. The Morgan fingerprint density at radius 3 is 2.23 bits per heavy atom. The van der Waals surface area contributed by atoms with Gasteiger partial charge in [0.15, 0.2) is 6.04 Å². The van der Waals surface area contributed by atoms with Crippen molar-refractivity contribution in [1.82, 2.24) is 4.90 Å². The summed E-state index contributed by atoms with van der Waals surface area (Å²) < 4.78 is 13.1. The van der Waals surface area contributed by atoms with E-state index in [0.717, 1.165) is 10.5 Å². The Balaban J connectivity index is 1.79. The highest BCUT2D eigenvalue weighted by atomic mass is 19.1. The zero-order valence-electron chi connectivity index (χ0n) is 14.7. The van der Waals surface area contributed by atoms with E-state index in [2.05, 4.69) is 5.32 Å². The van der Waals surface area contributed by atoms with E-state index in [1.54, 1.807) is 19.1 Å². The third-order valence-corrected chi connectivity index (χ3v) is 4.77. The van der Waals surface area contributed by atoms with Crippen LogP contribution in [0.1, 0.15) is 18.5 Å². The van der Waals surface area contributed by atoms with E-state index in [4.69, 9.17) is 0 Å². The standard InChI is InChI=1S/C20H22FN3O2/c1-15(25)23-11-13-24(14-12-23)19(16-5-3-2-4-6-16)20(26)22-18-9-7-17(21)8-10-18/h2-10,19H,11-14H2,1H3,(H,22,26)/p+1/t19-/m1/s1. The summed E-state index contributed by atoms with van der Waals surface area (Å²) in [6.45, 7) is 4.25. The molecule has 0 aliphatic carbocycles. The van der Waals surface area contributed by atoms with Gasteiger partial charge in [-0.05, 0) is 24.3 Å². The van der Waals surface area contributed by atoms with E-state index in [9.17, 15) is 14.0 Å². The maximum atomic E-state index is 13.1. The van der Waals surface area contributed by atoms with Gasteiger partial charge in [0, 0.05) is 18.2 Å². The number of anilines is 1. The lowest BCUT2D eigenvalue weighted by Gasteiger charge is -2.35. The molecule has 2 aromatic carbocycles. The second kappa shape index (κ2) is 8.10. The summed E-state index contributed by atoms with van der Waals surface area (Å²) in [5, 5.41) is 2.89. The normalized spacial score (nSPS) is 16.2. The average Bonchev–Trinajstić information content (AvgIpc) is 2.65. The van der Waals surface area contributed by atoms with Crippen LogP contribution < -0.4 is 10.2 Å². The van der Waals surface area contributed by atoms with Gasteiger partial charge in [-0.1, -0.05) is 30.3 Å². The Bertz CT molecular complexity index is 756. The van der Waals surface area contributed by atoms with Gasteiger partial charge < -0.3 is 15.1 Å². The lowest BCUT2D eigenvalue weighted by atomic mass is 10.0. The number of nitrogens with one attached hydrogen (secondary N) is 2. The van der Waals surface area contributed by atoms with E-state index >= 15 is 0 Å². The summed E-state index contributed by atoms with van der Waals surface area (Å²) in [7, 11) is 0. The minimum atomic E-state index is -0.379. The summed E-state index contributed by atoms with van der Waals surface area (Å²) in [4.78, 5) is 27.5. The van der Waals surface area contributed by atoms with Crippen LogP contribution in [-0.4, -0.2) is 42.9 Å². The molecule has 1 atom stereocenters. The monoisotopic (exact) mass is 356 g/mol. The summed E-state index contributed by atoms with van der Waals surface area (Å²) >= 11 is 0. The minimum absolute atomic E-state index is 0.0658. The van der Waals surface area contributed by atoms with Crippen LogP contribution in [0.5, 0.6) is 0 Å². The van der Waals surface area contributed by atoms with Crippen molar-refractivity contribution < 1.29 is 18.9 Å². The third kappa shape index (κ3) is 4.26. The second-order valence-electron chi connectivity index (χ2n) is 6.50. The number of hydrogen-bond donors (Lipinski definition) is 2. The lowest BCUT2D eigenvalue weighted by molar-refractivity contribution is -0.925. The molecule has 1 heterocycles. The number of piperazine rings is 1. The summed E-state index contributed by atoms with van der Waals surface area (Å²) in [6, 6.07) is 15.0. The topological polar surface area (TPSA) is 53.9 Å². The van der Waals surface area contributed by atoms with Crippen LogP contribution in [-0.2, 0) is 9.59 Å². The van der Waals surface area contributed by atoms with Crippen LogP contribution >= 0.6 is 0 Å². The highest BCUT2D eigenvalue weighted by molar-refractivity contribution is 5.94. The maximum absolute atomic E-state index is 13.1. The van der Waals surface area contributed by atoms with E-state index < -0.39 is 0 Å². The fraction of sp³-hybridized carbons (Fsp3) is 0.300. The summed E-state index contributed by atoms with van der Waals surface area (Å²) in [5.41, 5.74) is 1.50. The second-order valence-corrected chi connectivity index (χ2v) is 6.50. The number of carbonyl (C=O) groups excluding carboxylic acids is 2. The molecule has 0 spiro atoms. The summed E-state index contributed by atoms with van der Waals surface area (Å²) in [5.74, 6) is -0.404. The largest absolute Gasteiger partial charge is 0.332 e. The number of carbonyl (C=O) groups is 2. The average molecular weight is 356 g/mol. The molecule has 0 unspecified atom stereocenters. The zero-order valence-corrected chi connectivity index (χ0v) is 14.7. The molecule has 1 aliphatic heterocycles. The molecule has 0 radical (unpaired) electrons. The Kier molecular flexibility index (Phi) is 5.63. The van der Waals surface area contributed by atoms with Gasteiger partial charge in [0.05, 0.1) is 26.2 Å². The first-order chi connectivity index (χ1) is 12.5. The van der Waals surface area contributed by atoms with Crippen LogP contribution in [0.25, 0.3) is 0 Å².